The highest BCUT2D eigenvalue weighted by Gasteiger charge is 2.20. The number of rotatable bonds is 5. The molecule has 6 N–H and O–H groups in total. The maximum Gasteiger partial charge on any atom is 0.295 e. The lowest BCUT2D eigenvalue weighted by Crippen LogP contribution is -2.01. The van der Waals surface area contributed by atoms with Gasteiger partial charge in [0.2, 0.25) is 0 Å². The van der Waals surface area contributed by atoms with E-state index in [2.05, 4.69) is 10.2 Å². The van der Waals surface area contributed by atoms with Gasteiger partial charge in [-0.3, -0.25) is 13.7 Å². The van der Waals surface area contributed by atoms with Gasteiger partial charge in [-0.25, -0.2) is 0 Å². The molecule has 0 saturated heterocycles. The van der Waals surface area contributed by atoms with Crippen LogP contribution in [0, 0.1) is 0 Å². The fraction of sp³-hybridized carbons (Fsp3) is 0. The smallest absolute Gasteiger partial charge is 0.295 e. The zero-order valence-electron chi connectivity index (χ0n) is 17.6. The second-order valence-corrected chi connectivity index (χ2v) is 11.7. The summed E-state index contributed by atoms with van der Waals surface area (Å²) < 4.78 is 98.2. The first-order chi connectivity index (χ1) is 16.6. The largest absolute Gasteiger partial charge is 0.507 e. The molecule has 0 amide bonds. The van der Waals surface area contributed by atoms with Crippen LogP contribution < -0.4 is 5.73 Å². The van der Waals surface area contributed by atoms with E-state index >= 15 is 0 Å². The van der Waals surface area contributed by atoms with Crippen molar-refractivity contribution in [2.45, 2.75) is 14.7 Å². The van der Waals surface area contributed by atoms with E-state index in [-0.39, 0.29) is 38.6 Å². The number of aromatic hydroxyl groups is 1. The van der Waals surface area contributed by atoms with Crippen LogP contribution >= 0.6 is 0 Å². The summed E-state index contributed by atoms with van der Waals surface area (Å²) in [6.07, 6.45) is 0. The van der Waals surface area contributed by atoms with E-state index in [1.54, 1.807) is 0 Å². The first-order valence-electron chi connectivity index (χ1n) is 9.53. The molecule has 36 heavy (non-hydrogen) atoms. The van der Waals surface area contributed by atoms with Crippen LogP contribution in [0.4, 0.5) is 17.1 Å². The molecule has 16 heteroatoms. The number of nitrogen functional groups attached to an aromatic ring is 1. The Morgan fingerprint density at radius 3 is 1.75 bits per heavy atom. The molecule has 0 aliphatic carbocycles. The second kappa shape index (κ2) is 8.47. The lowest BCUT2D eigenvalue weighted by molar-refractivity contribution is 0.471. The summed E-state index contributed by atoms with van der Waals surface area (Å²) in [6, 6.07) is 9.50. The molecule has 0 unspecified atom stereocenters. The number of phenolic OH excluding ortho intramolecular Hbond substituents is 1. The molecular formula is C20H15N3O10S3. The number of nitrogens with two attached hydrogens (primary N) is 1. The number of anilines is 1. The molecule has 0 aromatic heterocycles. The summed E-state index contributed by atoms with van der Waals surface area (Å²) in [6.45, 7) is 0. The number of fused-ring (bicyclic) bond motifs is 2. The third-order valence-corrected chi connectivity index (χ3v) is 7.73. The van der Waals surface area contributed by atoms with Crippen molar-refractivity contribution in [2.24, 2.45) is 10.2 Å². The van der Waals surface area contributed by atoms with Gasteiger partial charge in [-0.05, 0) is 42.5 Å². The molecule has 188 valence electrons. The fourth-order valence-electron chi connectivity index (χ4n) is 3.55. The maximum absolute atomic E-state index is 11.8. The zero-order chi connectivity index (χ0) is 26.6. The minimum atomic E-state index is -4.73. The van der Waals surface area contributed by atoms with Crippen molar-refractivity contribution in [3.8, 4) is 5.75 Å². The Balaban J connectivity index is 1.99. The first kappa shape index (κ1) is 25.4. The van der Waals surface area contributed by atoms with Gasteiger partial charge in [-0.2, -0.15) is 25.3 Å². The molecule has 0 spiro atoms. The van der Waals surface area contributed by atoms with E-state index < -0.39 is 50.8 Å². The minimum Gasteiger partial charge on any atom is -0.507 e. The molecule has 4 aromatic carbocycles. The van der Waals surface area contributed by atoms with E-state index in [1.807, 2.05) is 0 Å². The summed E-state index contributed by atoms with van der Waals surface area (Å²) in [5, 5.41) is 18.0. The lowest BCUT2D eigenvalue weighted by atomic mass is 10.1. The topological polar surface area (TPSA) is 234 Å². The molecule has 0 aliphatic rings. The van der Waals surface area contributed by atoms with Gasteiger partial charge >= 0.3 is 0 Å². The molecule has 0 atom stereocenters. The quantitative estimate of drug-likeness (QED) is 0.136. The van der Waals surface area contributed by atoms with Gasteiger partial charge < -0.3 is 10.8 Å². The number of hydrogen-bond donors (Lipinski definition) is 5. The molecule has 0 bridgehead atoms. The standard InChI is InChI=1S/C20H15N3O10S3/c21-15-3-4-17(14-8-11(35(28,29)30)9-18(24)20(14)15)23-22-16-5-6-19(36(31,32)33)12-2-1-10(7-13(12)16)34(25,26)27/h1-9,24H,21H2,(H,25,26,27)(H,28,29,30)(H,31,32,33). The van der Waals surface area contributed by atoms with E-state index in [0.29, 0.717) is 0 Å². The van der Waals surface area contributed by atoms with Crippen LogP contribution in [0.3, 0.4) is 0 Å². The van der Waals surface area contributed by atoms with Gasteiger partial charge in [0.25, 0.3) is 30.4 Å². The zero-order valence-corrected chi connectivity index (χ0v) is 20.1. The highest BCUT2D eigenvalue weighted by Crippen LogP contribution is 2.40. The molecule has 0 aliphatic heterocycles. The third-order valence-electron chi connectivity index (χ3n) is 5.14. The van der Waals surface area contributed by atoms with Crippen LogP contribution in [-0.2, 0) is 30.4 Å². The Morgan fingerprint density at radius 1 is 0.611 bits per heavy atom. The van der Waals surface area contributed by atoms with Crippen molar-refractivity contribution in [3.63, 3.8) is 0 Å². The van der Waals surface area contributed by atoms with E-state index in [4.69, 9.17) is 5.73 Å². The van der Waals surface area contributed by atoms with Crippen LogP contribution in [0.2, 0.25) is 0 Å². The Hall–Kier alpha value is -3.67. The molecule has 0 fully saturated rings. The Bertz CT molecular complexity index is 1940. The lowest BCUT2D eigenvalue weighted by Gasteiger charge is -2.10. The predicted octanol–water partition coefficient (Wildman–Crippen LogP) is 3.44. The average molecular weight is 554 g/mol. The summed E-state index contributed by atoms with van der Waals surface area (Å²) in [5.41, 5.74) is 5.81. The van der Waals surface area contributed by atoms with Gasteiger partial charge in [0.05, 0.1) is 21.2 Å². The van der Waals surface area contributed by atoms with E-state index in [0.717, 1.165) is 42.5 Å². The van der Waals surface area contributed by atoms with Crippen molar-refractivity contribution in [1.29, 1.82) is 0 Å². The predicted molar refractivity (Wildman–Crippen MR) is 128 cm³/mol. The SMILES string of the molecule is Nc1ccc(N=Nc2ccc(S(=O)(=O)O)c3ccc(S(=O)(=O)O)cc23)c2cc(S(=O)(=O)O)cc(O)c12. The number of azo groups is 1. The molecule has 0 heterocycles. The van der Waals surface area contributed by atoms with Crippen LogP contribution in [0.15, 0.2) is 79.5 Å². The summed E-state index contributed by atoms with van der Waals surface area (Å²) in [5.74, 6) is -0.560. The highest BCUT2D eigenvalue weighted by atomic mass is 32.2. The average Bonchev–Trinajstić information content (AvgIpc) is 2.75. The van der Waals surface area contributed by atoms with Gasteiger partial charge in [-0.1, -0.05) is 6.07 Å². The Kier molecular flexibility index (Phi) is 5.98. The normalized spacial score (nSPS) is 13.1. The Labute approximate surface area is 203 Å². The Morgan fingerprint density at radius 2 is 1.17 bits per heavy atom. The van der Waals surface area contributed by atoms with Crippen molar-refractivity contribution < 1.29 is 44.0 Å². The maximum atomic E-state index is 11.8. The van der Waals surface area contributed by atoms with Crippen molar-refractivity contribution in [2.75, 3.05) is 5.73 Å². The van der Waals surface area contributed by atoms with Gasteiger partial charge in [0.15, 0.2) is 0 Å². The molecule has 4 aromatic rings. The van der Waals surface area contributed by atoms with E-state index in [9.17, 15) is 44.0 Å². The van der Waals surface area contributed by atoms with Crippen LogP contribution in [0.5, 0.6) is 5.75 Å². The van der Waals surface area contributed by atoms with Crippen molar-refractivity contribution >= 4 is 69.0 Å². The summed E-state index contributed by atoms with van der Waals surface area (Å²) in [4.78, 5) is -1.78. The van der Waals surface area contributed by atoms with Gasteiger partial charge in [0.1, 0.15) is 10.6 Å². The number of phenols is 1. The number of nitrogens with zero attached hydrogens (tertiary/aromatic N) is 2. The molecule has 4 rings (SSSR count). The number of benzene rings is 4. The molecule has 0 saturated carbocycles. The molecule has 0 radical (unpaired) electrons. The monoisotopic (exact) mass is 553 g/mol. The van der Waals surface area contributed by atoms with Crippen LogP contribution in [0.1, 0.15) is 0 Å². The van der Waals surface area contributed by atoms with Crippen LogP contribution in [-0.4, -0.2) is 44.0 Å². The second-order valence-electron chi connectivity index (χ2n) is 7.45. The highest BCUT2D eigenvalue weighted by molar-refractivity contribution is 7.86. The van der Waals surface area contributed by atoms with Gasteiger partial charge in [-0.15, -0.1) is 10.2 Å². The number of hydrogen-bond acceptors (Lipinski definition) is 10. The summed E-state index contributed by atoms with van der Waals surface area (Å²) >= 11 is 0. The van der Waals surface area contributed by atoms with E-state index in [1.165, 1.54) is 12.1 Å². The minimum absolute atomic E-state index is 0.0103. The van der Waals surface area contributed by atoms with Crippen LogP contribution in [0.25, 0.3) is 21.5 Å². The van der Waals surface area contributed by atoms with Gasteiger partial charge in [0, 0.05) is 33.3 Å². The molecule has 13 nitrogen and oxygen atoms in total. The molecular weight excluding hydrogens is 538 g/mol. The summed E-state index contributed by atoms with van der Waals surface area (Å²) in [7, 11) is -14.1. The van der Waals surface area contributed by atoms with Crippen molar-refractivity contribution in [3.05, 3.63) is 54.6 Å². The fourth-order valence-corrected chi connectivity index (χ4v) is 5.28. The van der Waals surface area contributed by atoms with Crippen molar-refractivity contribution in [1.82, 2.24) is 0 Å². The first-order valence-corrected chi connectivity index (χ1v) is 13.9. The third kappa shape index (κ3) is 4.72.